The number of amides is 2. The first-order valence-corrected chi connectivity index (χ1v) is 9.83. The lowest BCUT2D eigenvalue weighted by Crippen LogP contribution is -2.43. The van der Waals surface area contributed by atoms with E-state index in [9.17, 15) is 14.4 Å². The molecule has 4 rings (SSSR count). The normalized spacial score (nSPS) is 17.2. The van der Waals surface area contributed by atoms with Crippen LogP contribution in [0.3, 0.4) is 0 Å². The highest BCUT2D eigenvalue weighted by Crippen LogP contribution is 2.37. The number of esters is 1. The van der Waals surface area contributed by atoms with Crippen LogP contribution in [0.5, 0.6) is 0 Å². The minimum Gasteiger partial charge on any atom is -0.452 e. The Morgan fingerprint density at radius 1 is 1.24 bits per heavy atom. The molecule has 1 atom stereocenters. The Morgan fingerprint density at radius 2 is 2.07 bits per heavy atom. The van der Waals surface area contributed by atoms with Crippen LogP contribution in [0.15, 0.2) is 42.5 Å². The summed E-state index contributed by atoms with van der Waals surface area (Å²) >= 11 is 0. The van der Waals surface area contributed by atoms with Crippen molar-refractivity contribution in [3.63, 3.8) is 0 Å². The average Bonchev–Trinajstić information content (AvgIpc) is 3.23. The number of hydrogen-bond donors (Lipinski definition) is 2. The molecular weight excluding hydrogens is 370 g/mol. The number of anilines is 3. The maximum atomic E-state index is 12.4. The molecule has 1 saturated heterocycles. The molecule has 7 heteroatoms. The Kier molecular flexibility index (Phi) is 5.20. The first-order valence-electron chi connectivity index (χ1n) is 9.83. The second-order valence-electron chi connectivity index (χ2n) is 7.21. The SMILES string of the molecule is CCc1ccccc1NC(=O)COC(=O)c1ccc2c(c1)NC(=O)[C@H]1CCCN21. The molecule has 29 heavy (non-hydrogen) atoms. The molecule has 1 fully saturated rings. The molecule has 0 spiro atoms. The average molecular weight is 393 g/mol. The fraction of sp³-hybridized carbons (Fsp3) is 0.318. The maximum absolute atomic E-state index is 12.4. The summed E-state index contributed by atoms with van der Waals surface area (Å²) in [4.78, 5) is 38.9. The van der Waals surface area contributed by atoms with Crippen LogP contribution in [0.25, 0.3) is 0 Å². The predicted molar refractivity (Wildman–Crippen MR) is 110 cm³/mol. The van der Waals surface area contributed by atoms with E-state index in [1.54, 1.807) is 12.1 Å². The smallest absolute Gasteiger partial charge is 0.338 e. The number of carbonyl (C=O) groups is 3. The van der Waals surface area contributed by atoms with E-state index in [0.717, 1.165) is 37.1 Å². The summed E-state index contributed by atoms with van der Waals surface area (Å²) in [5.41, 5.74) is 3.54. The van der Waals surface area contributed by atoms with Crippen molar-refractivity contribution in [2.45, 2.75) is 32.2 Å². The number of carbonyl (C=O) groups excluding carboxylic acids is 3. The van der Waals surface area contributed by atoms with Crippen LogP contribution in [0, 0.1) is 0 Å². The van der Waals surface area contributed by atoms with E-state index in [-0.39, 0.29) is 18.6 Å². The summed E-state index contributed by atoms with van der Waals surface area (Å²) in [5, 5.41) is 5.64. The molecule has 0 bridgehead atoms. The number of rotatable bonds is 5. The van der Waals surface area contributed by atoms with E-state index < -0.39 is 11.9 Å². The number of benzene rings is 2. The van der Waals surface area contributed by atoms with Crippen molar-refractivity contribution in [2.75, 3.05) is 28.7 Å². The highest BCUT2D eigenvalue weighted by Gasteiger charge is 2.36. The molecule has 2 amide bonds. The number of nitrogens with zero attached hydrogens (tertiary/aromatic N) is 1. The van der Waals surface area contributed by atoms with Gasteiger partial charge in [-0.05, 0) is 49.1 Å². The molecule has 7 nitrogen and oxygen atoms in total. The molecule has 2 heterocycles. The molecule has 2 N–H and O–H groups in total. The lowest BCUT2D eigenvalue weighted by atomic mass is 10.1. The highest BCUT2D eigenvalue weighted by atomic mass is 16.5. The highest BCUT2D eigenvalue weighted by molar-refractivity contribution is 6.05. The minimum atomic E-state index is -0.607. The van der Waals surface area contributed by atoms with Crippen molar-refractivity contribution >= 4 is 34.8 Å². The molecule has 0 unspecified atom stereocenters. The van der Waals surface area contributed by atoms with Crippen molar-refractivity contribution < 1.29 is 19.1 Å². The van der Waals surface area contributed by atoms with Gasteiger partial charge in [0.1, 0.15) is 6.04 Å². The van der Waals surface area contributed by atoms with Gasteiger partial charge in [0.05, 0.1) is 16.9 Å². The summed E-state index contributed by atoms with van der Waals surface area (Å²) in [6.45, 7) is 2.45. The Hall–Kier alpha value is -3.35. The molecular formula is C22H23N3O4. The second kappa shape index (κ2) is 7.95. The van der Waals surface area contributed by atoms with Gasteiger partial charge in [-0.2, -0.15) is 0 Å². The third kappa shape index (κ3) is 3.81. The Morgan fingerprint density at radius 3 is 2.90 bits per heavy atom. The van der Waals surface area contributed by atoms with Crippen LogP contribution in [0.1, 0.15) is 35.7 Å². The summed E-state index contributed by atoms with van der Waals surface area (Å²) in [5.74, 6) is -1.05. The molecule has 2 aliphatic heterocycles. The van der Waals surface area contributed by atoms with Crippen LogP contribution < -0.4 is 15.5 Å². The van der Waals surface area contributed by atoms with Gasteiger partial charge in [0.2, 0.25) is 5.91 Å². The lowest BCUT2D eigenvalue weighted by Gasteiger charge is -2.33. The zero-order valence-corrected chi connectivity index (χ0v) is 16.2. The van der Waals surface area contributed by atoms with Crippen molar-refractivity contribution in [1.82, 2.24) is 0 Å². The number of hydrogen-bond acceptors (Lipinski definition) is 5. The molecule has 0 radical (unpaired) electrons. The Balaban J connectivity index is 1.40. The van der Waals surface area contributed by atoms with Gasteiger partial charge in [-0.15, -0.1) is 0 Å². The topological polar surface area (TPSA) is 87.7 Å². The van der Waals surface area contributed by atoms with E-state index in [1.807, 2.05) is 37.3 Å². The summed E-state index contributed by atoms with van der Waals surface area (Å²) in [7, 11) is 0. The monoisotopic (exact) mass is 393 g/mol. The molecule has 2 aromatic rings. The number of aryl methyl sites for hydroxylation is 1. The van der Waals surface area contributed by atoms with Crippen molar-refractivity contribution in [2.24, 2.45) is 0 Å². The first-order chi connectivity index (χ1) is 14.1. The standard InChI is InChI=1S/C22H23N3O4/c1-2-14-6-3-4-7-16(14)23-20(26)13-29-22(28)15-9-10-18-17(12-15)24-21(27)19-8-5-11-25(18)19/h3-4,6-7,9-10,12,19H,2,5,8,11,13H2,1H3,(H,23,26)(H,24,27)/t19-/m1/s1. The Bertz CT molecular complexity index is 972. The molecule has 150 valence electrons. The number of fused-ring (bicyclic) bond motifs is 3. The van der Waals surface area contributed by atoms with Gasteiger partial charge in [0.25, 0.3) is 5.91 Å². The van der Waals surface area contributed by atoms with Crippen LogP contribution in [-0.2, 0) is 20.7 Å². The van der Waals surface area contributed by atoms with E-state index >= 15 is 0 Å². The number of para-hydroxylation sites is 1. The lowest BCUT2D eigenvalue weighted by molar-refractivity contribution is -0.119. The summed E-state index contributed by atoms with van der Waals surface area (Å²) in [6, 6.07) is 12.5. The van der Waals surface area contributed by atoms with Gasteiger partial charge in [0, 0.05) is 12.2 Å². The maximum Gasteiger partial charge on any atom is 0.338 e. The van der Waals surface area contributed by atoms with Crippen LogP contribution >= 0.6 is 0 Å². The molecule has 2 aliphatic rings. The zero-order valence-electron chi connectivity index (χ0n) is 16.2. The van der Waals surface area contributed by atoms with E-state index in [0.29, 0.717) is 16.9 Å². The molecule has 2 aromatic carbocycles. The number of nitrogens with one attached hydrogen (secondary N) is 2. The van der Waals surface area contributed by atoms with E-state index in [4.69, 9.17) is 4.74 Å². The first kappa shape index (κ1) is 19.0. The van der Waals surface area contributed by atoms with Crippen LogP contribution in [-0.4, -0.2) is 37.0 Å². The third-order valence-corrected chi connectivity index (χ3v) is 5.36. The third-order valence-electron chi connectivity index (χ3n) is 5.36. The van der Waals surface area contributed by atoms with Gasteiger partial charge in [-0.3, -0.25) is 9.59 Å². The van der Waals surface area contributed by atoms with Crippen LogP contribution in [0.4, 0.5) is 17.1 Å². The minimum absolute atomic E-state index is 0.0468. The number of ether oxygens (including phenoxy) is 1. The molecule has 0 aromatic heterocycles. The van der Waals surface area contributed by atoms with Gasteiger partial charge in [-0.25, -0.2) is 4.79 Å². The largest absolute Gasteiger partial charge is 0.452 e. The van der Waals surface area contributed by atoms with Gasteiger partial charge < -0.3 is 20.3 Å². The Labute approximate surface area is 169 Å². The van der Waals surface area contributed by atoms with E-state index in [2.05, 4.69) is 15.5 Å². The van der Waals surface area contributed by atoms with Crippen molar-refractivity contribution in [3.05, 3.63) is 53.6 Å². The van der Waals surface area contributed by atoms with Crippen LogP contribution in [0.2, 0.25) is 0 Å². The fourth-order valence-electron chi connectivity index (χ4n) is 3.91. The second-order valence-corrected chi connectivity index (χ2v) is 7.21. The molecule has 0 saturated carbocycles. The van der Waals surface area contributed by atoms with Crippen molar-refractivity contribution in [3.8, 4) is 0 Å². The quantitative estimate of drug-likeness (QED) is 0.763. The van der Waals surface area contributed by atoms with E-state index in [1.165, 1.54) is 0 Å². The van der Waals surface area contributed by atoms with Gasteiger partial charge in [0.15, 0.2) is 6.61 Å². The van der Waals surface area contributed by atoms with Crippen molar-refractivity contribution in [1.29, 1.82) is 0 Å². The summed E-state index contributed by atoms with van der Waals surface area (Å²) < 4.78 is 5.16. The van der Waals surface area contributed by atoms with Gasteiger partial charge >= 0.3 is 5.97 Å². The van der Waals surface area contributed by atoms with Gasteiger partial charge in [-0.1, -0.05) is 25.1 Å². The predicted octanol–water partition coefficient (Wildman–Crippen LogP) is 2.97. The molecule has 0 aliphatic carbocycles. The summed E-state index contributed by atoms with van der Waals surface area (Å²) in [6.07, 6.45) is 2.60. The fourth-order valence-corrected chi connectivity index (χ4v) is 3.91. The zero-order chi connectivity index (χ0) is 20.4.